The van der Waals surface area contributed by atoms with Gasteiger partial charge in [0.2, 0.25) is 0 Å². The molecule has 1 unspecified atom stereocenters. The predicted octanol–water partition coefficient (Wildman–Crippen LogP) is 1.76. The van der Waals surface area contributed by atoms with E-state index in [9.17, 15) is 4.79 Å². The van der Waals surface area contributed by atoms with E-state index < -0.39 is 5.41 Å². The molecule has 0 fully saturated rings. The van der Waals surface area contributed by atoms with Crippen LogP contribution in [0.1, 0.15) is 12.8 Å². The van der Waals surface area contributed by atoms with Crippen molar-refractivity contribution in [1.82, 2.24) is 0 Å². The highest BCUT2D eigenvalue weighted by Gasteiger charge is 2.45. The zero-order valence-corrected chi connectivity index (χ0v) is 9.76. The van der Waals surface area contributed by atoms with Crippen LogP contribution in [0.3, 0.4) is 0 Å². The molecule has 1 atom stereocenters. The van der Waals surface area contributed by atoms with Gasteiger partial charge in [0.15, 0.2) is 5.78 Å². The van der Waals surface area contributed by atoms with Gasteiger partial charge in [-0.1, -0.05) is 6.08 Å². The normalized spacial score (nSPS) is 31.3. The maximum absolute atomic E-state index is 12.1. The summed E-state index contributed by atoms with van der Waals surface area (Å²) in [6.07, 6.45) is 9.78. The highest BCUT2D eigenvalue weighted by atomic mass is 16.1. The smallest absolute Gasteiger partial charge is 0.163 e. The number of ketones is 1. The van der Waals surface area contributed by atoms with Gasteiger partial charge in [0.1, 0.15) is 0 Å². The molecule has 18 heavy (non-hydrogen) atoms. The Morgan fingerprint density at radius 3 is 3.17 bits per heavy atom. The number of nitrogens with zero attached hydrogens (tertiary/aromatic N) is 3. The van der Waals surface area contributed by atoms with Crippen LogP contribution in [0.5, 0.6) is 0 Å². The third-order valence-electron chi connectivity index (χ3n) is 3.55. The van der Waals surface area contributed by atoms with Crippen molar-refractivity contribution < 1.29 is 4.79 Å². The molecule has 4 nitrogen and oxygen atoms in total. The summed E-state index contributed by atoms with van der Waals surface area (Å²) in [5.41, 5.74) is 1.98. The highest BCUT2D eigenvalue weighted by Crippen LogP contribution is 2.43. The van der Waals surface area contributed by atoms with Crippen LogP contribution in [-0.2, 0) is 4.79 Å². The summed E-state index contributed by atoms with van der Waals surface area (Å²) in [6.45, 7) is 0.530. The van der Waals surface area contributed by atoms with Gasteiger partial charge in [0.25, 0.3) is 0 Å². The van der Waals surface area contributed by atoms with Gasteiger partial charge in [-0.3, -0.25) is 14.8 Å². The average Bonchev–Trinajstić information content (AvgIpc) is 2.71. The summed E-state index contributed by atoms with van der Waals surface area (Å²) in [4.78, 5) is 20.7. The van der Waals surface area contributed by atoms with Crippen LogP contribution in [0.25, 0.3) is 0 Å². The van der Waals surface area contributed by atoms with Gasteiger partial charge in [-0.05, 0) is 18.1 Å². The molecule has 1 spiro atoms. The van der Waals surface area contributed by atoms with E-state index in [-0.39, 0.29) is 5.78 Å². The zero-order valence-electron chi connectivity index (χ0n) is 9.76. The van der Waals surface area contributed by atoms with Crippen LogP contribution < -0.4 is 0 Å². The Labute approximate surface area is 105 Å². The first-order valence-corrected chi connectivity index (χ1v) is 5.86. The molecule has 1 aliphatic carbocycles. The monoisotopic (exact) mass is 237 g/mol. The van der Waals surface area contributed by atoms with E-state index in [1.807, 2.05) is 18.2 Å². The fraction of sp³-hybridized carbons (Fsp3) is 0.286. The van der Waals surface area contributed by atoms with Gasteiger partial charge in [0.05, 0.1) is 17.2 Å². The second kappa shape index (κ2) is 3.88. The summed E-state index contributed by atoms with van der Waals surface area (Å²) in [6, 6.07) is 2.03. The minimum Gasteiger partial charge on any atom is -0.294 e. The minimum absolute atomic E-state index is 0.109. The van der Waals surface area contributed by atoms with E-state index >= 15 is 0 Å². The molecule has 4 heteroatoms. The fourth-order valence-electron chi connectivity index (χ4n) is 2.68. The molecule has 0 saturated heterocycles. The van der Waals surface area contributed by atoms with Crippen molar-refractivity contribution in [2.45, 2.75) is 12.8 Å². The lowest BCUT2D eigenvalue weighted by Gasteiger charge is -2.31. The molecule has 0 aromatic rings. The van der Waals surface area contributed by atoms with Crippen LogP contribution in [0, 0.1) is 16.7 Å². The summed E-state index contributed by atoms with van der Waals surface area (Å²) in [5, 5.41) is 8.75. The van der Waals surface area contributed by atoms with Gasteiger partial charge in [-0.2, -0.15) is 5.26 Å². The number of hydrogen-bond donors (Lipinski definition) is 0. The van der Waals surface area contributed by atoms with Gasteiger partial charge in [0, 0.05) is 37.0 Å². The first kappa shape index (κ1) is 10.8. The Morgan fingerprint density at radius 1 is 1.44 bits per heavy atom. The van der Waals surface area contributed by atoms with Crippen LogP contribution in [0.4, 0.5) is 0 Å². The molecule has 0 radical (unpaired) electrons. The van der Waals surface area contributed by atoms with Crippen molar-refractivity contribution in [3.05, 3.63) is 35.6 Å². The predicted molar refractivity (Wildman–Crippen MR) is 68.4 cm³/mol. The Hall–Kier alpha value is -2.28. The molecule has 3 rings (SSSR count). The van der Waals surface area contributed by atoms with Gasteiger partial charge < -0.3 is 0 Å². The van der Waals surface area contributed by atoms with Crippen molar-refractivity contribution in [2.75, 3.05) is 6.54 Å². The molecule has 0 aromatic heterocycles. The molecule has 2 aliphatic heterocycles. The van der Waals surface area contributed by atoms with Crippen molar-refractivity contribution in [3.63, 3.8) is 0 Å². The van der Waals surface area contributed by atoms with Crippen molar-refractivity contribution in [1.29, 1.82) is 5.26 Å². The largest absolute Gasteiger partial charge is 0.294 e. The molecule has 3 aliphatic rings. The van der Waals surface area contributed by atoms with Crippen molar-refractivity contribution >= 4 is 17.7 Å². The number of nitriles is 1. The second-order valence-corrected chi connectivity index (χ2v) is 4.59. The van der Waals surface area contributed by atoms with Crippen LogP contribution in [0.2, 0.25) is 0 Å². The molecule has 0 bridgehead atoms. The van der Waals surface area contributed by atoms with E-state index in [4.69, 9.17) is 5.26 Å². The minimum atomic E-state index is -0.523. The number of aliphatic imine (C=N–C) groups is 2. The van der Waals surface area contributed by atoms with E-state index in [0.717, 1.165) is 11.3 Å². The lowest BCUT2D eigenvalue weighted by Crippen LogP contribution is -2.36. The lowest BCUT2D eigenvalue weighted by atomic mass is 9.69. The van der Waals surface area contributed by atoms with Gasteiger partial charge >= 0.3 is 0 Å². The van der Waals surface area contributed by atoms with E-state index in [1.165, 1.54) is 6.08 Å². The molecule has 88 valence electrons. The molecular weight excluding hydrogens is 226 g/mol. The number of carbonyl (C=O) groups excluding carboxylic acids is 1. The van der Waals surface area contributed by atoms with Crippen LogP contribution >= 0.6 is 0 Å². The number of Topliss-reactive ketones (excluding diaryl/α,β-unsaturated/α-hetero) is 1. The van der Waals surface area contributed by atoms with E-state index in [2.05, 4.69) is 9.98 Å². The molecule has 0 N–H and O–H groups in total. The molecule has 2 heterocycles. The molecular formula is C14H11N3O. The Kier molecular flexibility index (Phi) is 2.34. The zero-order chi connectivity index (χ0) is 12.6. The fourth-order valence-corrected chi connectivity index (χ4v) is 2.68. The summed E-state index contributed by atoms with van der Waals surface area (Å²) in [5.74, 6) is 0.109. The standard InChI is InChI=1S/C14H11N3O/c15-5-3-10-1-2-13-14(7-10)9-16-8-11(14)12(18)4-6-17-13/h1-3,8-9H,4,6-7H2/b10-3-. The maximum atomic E-state index is 12.1. The number of rotatable bonds is 0. The van der Waals surface area contributed by atoms with Crippen LogP contribution in [-0.4, -0.2) is 24.3 Å². The number of hydrogen-bond acceptors (Lipinski definition) is 4. The second-order valence-electron chi connectivity index (χ2n) is 4.59. The Balaban J connectivity index is 2.16. The highest BCUT2D eigenvalue weighted by molar-refractivity contribution is 6.21. The first-order chi connectivity index (χ1) is 8.76. The third-order valence-corrected chi connectivity index (χ3v) is 3.55. The first-order valence-electron chi connectivity index (χ1n) is 5.86. The van der Waals surface area contributed by atoms with Crippen LogP contribution in [0.15, 0.2) is 45.6 Å². The maximum Gasteiger partial charge on any atom is 0.163 e. The third kappa shape index (κ3) is 1.41. The summed E-state index contributed by atoms with van der Waals surface area (Å²) in [7, 11) is 0. The summed E-state index contributed by atoms with van der Waals surface area (Å²) >= 11 is 0. The number of carbonyl (C=O) groups is 1. The van der Waals surface area contributed by atoms with E-state index in [1.54, 1.807) is 12.4 Å². The summed E-state index contributed by atoms with van der Waals surface area (Å²) < 4.78 is 0. The van der Waals surface area contributed by atoms with E-state index in [0.29, 0.717) is 25.0 Å². The molecule has 0 amide bonds. The van der Waals surface area contributed by atoms with Gasteiger partial charge in [-0.15, -0.1) is 0 Å². The molecule has 0 aromatic carbocycles. The van der Waals surface area contributed by atoms with Gasteiger partial charge in [-0.25, -0.2) is 0 Å². The SMILES string of the molecule is N#C/C=C1/C=CC2=NCCC(=O)C3=CN=CC32C1. The topological polar surface area (TPSA) is 65.6 Å². The quantitative estimate of drug-likeness (QED) is 0.602. The van der Waals surface area contributed by atoms with Crippen molar-refractivity contribution in [3.8, 4) is 6.07 Å². The lowest BCUT2D eigenvalue weighted by molar-refractivity contribution is -0.115. The van der Waals surface area contributed by atoms with Crippen molar-refractivity contribution in [2.24, 2.45) is 15.4 Å². The Morgan fingerprint density at radius 2 is 2.33 bits per heavy atom. The number of allylic oxidation sites excluding steroid dienone is 5. The average molecular weight is 237 g/mol. The molecule has 0 saturated carbocycles. The Bertz CT molecular complexity index is 613.